The number of fused-ring (bicyclic) bond motifs is 5. The van der Waals surface area contributed by atoms with Gasteiger partial charge >= 0.3 is 29.8 Å². The molecule has 0 aromatic heterocycles. The van der Waals surface area contributed by atoms with Crippen LogP contribution in [0.3, 0.4) is 0 Å². The second-order valence-corrected chi connectivity index (χ2v) is 20.0. The molecule has 17 heteroatoms. The van der Waals surface area contributed by atoms with Crippen LogP contribution in [-0.4, -0.2) is 112 Å². The topological polar surface area (TPSA) is 253 Å². The van der Waals surface area contributed by atoms with E-state index in [-0.39, 0.29) is 47.6 Å². The molecule has 1 saturated heterocycles. The minimum atomic E-state index is -2.47. The Hall–Kier alpha value is -6.27. The number of hydrogen-bond acceptors (Lipinski definition) is 16. The fourth-order valence-corrected chi connectivity index (χ4v) is 11.2. The second-order valence-electron chi connectivity index (χ2n) is 20.0. The molecule has 7 rings (SSSR count). The Balaban J connectivity index is 1.42. The van der Waals surface area contributed by atoms with E-state index in [0.717, 1.165) is 13.8 Å². The van der Waals surface area contributed by atoms with E-state index in [4.69, 9.17) is 34.2 Å². The SMILES string of the molecule is CC(=O)O[C@H]1C(=O)[C@@]2(C)C([C@H](OC(=O)c3ccccc3)[C@]3(O)C[C@H](OC(=O)[C@H](O)[C@@H](NC(=O)c4ccccc4)c4ccccc4)C(C)=C1C3(C)C)[C@]1(OC(C)=O)CO[C@@H]1C[C@@H]2OC(=O)[C@H](N)CC(C)C. The van der Waals surface area contributed by atoms with Gasteiger partial charge in [0.15, 0.2) is 23.6 Å². The zero-order chi connectivity index (χ0) is 51.1. The lowest BCUT2D eigenvalue weighted by Crippen LogP contribution is -2.82. The molecule has 0 spiro atoms. The number of carbonyl (C=O) groups excluding carboxylic acids is 7. The molecule has 374 valence electrons. The lowest BCUT2D eigenvalue weighted by Gasteiger charge is -2.67. The smallest absolute Gasteiger partial charge is 0.338 e. The highest BCUT2D eigenvalue weighted by Crippen LogP contribution is 2.65. The van der Waals surface area contributed by atoms with Gasteiger partial charge in [-0.1, -0.05) is 94.4 Å². The molecule has 2 saturated carbocycles. The van der Waals surface area contributed by atoms with Gasteiger partial charge in [0, 0.05) is 37.7 Å². The van der Waals surface area contributed by atoms with Crippen molar-refractivity contribution in [3.8, 4) is 0 Å². The highest BCUT2D eigenvalue weighted by atomic mass is 16.6. The van der Waals surface area contributed by atoms with Crippen molar-refractivity contribution in [3.05, 3.63) is 119 Å². The average Bonchev–Trinajstić information content (AvgIpc) is 3.31. The molecule has 3 aliphatic carbocycles. The monoisotopic (exact) mass is 966 g/mol. The summed E-state index contributed by atoms with van der Waals surface area (Å²) in [6.45, 7) is 11.6. The number of nitrogens with two attached hydrogens (primary N) is 1. The summed E-state index contributed by atoms with van der Waals surface area (Å²) in [4.78, 5) is 99.4. The van der Waals surface area contributed by atoms with Crippen molar-refractivity contribution in [1.82, 2.24) is 5.32 Å². The number of rotatable bonds is 14. The minimum Gasteiger partial charge on any atom is -0.460 e. The molecule has 1 amide bonds. The number of aliphatic hydroxyl groups excluding tert-OH is 1. The van der Waals surface area contributed by atoms with E-state index in [1.165, 1.54) is 26.0 Å². The molecule has 1 heterocycles. The average molecular weight is 967 g/mol. The summed E-state index contributed by atoms with van der Waals surface area (Å²) in [5.74, 6) is -8.01. The molecule has 1 unspecified atom stereocenters. The Kier molecular flexibility index (Phi) is 14.6. The van der Waals surface area contributed by atoms with E-state index in [1.54, 1.807) is 92.7 Å². The van der Waals surface area contributed by atoms with Crippen molar-refractivity contribution >= 4 is 41.5 Å². The highest BCUT2D eigenvalue weighted by Gasteiger charge is 2.79. The van der Waals surface area contributed by atoms with Gasteiger partial charge in [-0.3, -0.25) is 24.0 Å². The van der Waals surface area contributed by atoms with Crippen molar-refractivity contribution in [3.63, 3.8) is 0 Å². The molecule has 5 N–H and O–H groups in total. The quantitative estimate of drug-likeness (QED) is 0.0974. The van der Waals surface area contributed by atoms with Gasteiger partial charge in [-0.15, -0.1) is 0 Å². The molecule has 0 radical (unpaired) electrons. The van der Waals surface area contributed by atoms with Gasteiger partial charge in [-0.25, -0.2) is 9.59 Å². The zero-order valence-electron chi connectivity index (χ0n) is 40.5. The largest absolute Gasteiger partial charge is 0.460 e. The highest BCUT2D eigenvalue weighted by molar-refractivity contribution is 5.96. The van der Waals surface area contributed by atoms with Crippen LogP contribution in [-0.2, 0) is 52.4 Å². The zero-order valence-corrected chi connectivity index (χ0v) is 40.5. The number of Topliss-reactive ketones (excluding diaryl/α,β-unsaturated/α-hetero) is 1. The molecule has 1 aliphatic heterocycles. The van der Waals surface area contributed by atoms with Gasteiger partial charge in [0.25, 0.3) is 5.91 Å². The molecule has 12 atom stereocenters. The number of carbonyl (C=O) groups is 7. The van der Waals surface area contributed by atoms with Crippen LogP contribution in [0.5, 0.6) is 0 Å². The maximum atomic E-state index is 16.2. The fourth-order valence-electron chi connectivity index (χ4n) is 11.2. The van der Waals surface area contributed by atoms with Crippen molar-refractivity contribution in [2.24, 2.45) is 28.4 Å². The van der Waals surface area contributed by atoms with Gasteiger partial charge in [0.05, 0.1) is 29.5 Å². The van der Waals surface area contributed by atoms with E-state index in [1.807, 2.05) is 13.8 Å². The van der Waals surface area contributed by atoms with Crippen LogP contribution < -0.4 is 11.1 Å². The lowest BCUT2D eigenvalue weighted by atomic mass is 9.44. The summed E-state index contributed by atoms with van der Waals surface area (Å²) in [6.07, 6.45) is -10.6. The molecule has 70 heavy (non-hydrogen) atoms. The second kappa shape index (κ2) is 19.9. The van der Waals surface area contributed by atoms with Crippen molar-refractivity contribution in [2.75, 3.05) is 6.61 Å². The van der Waals surface area contributed by atoms with E-state index < -0.39 is 125 Å². The van der Waals surface area contributed by atoms with E-state index in [9.17, 15) is 39.0 Å². The maximum absolute atomic E-state index is 16.2. The predicted octanol–water partition coefficient (Wildman–Crippen LogP) is 4.66. The Labute approximate surface area is 406 Å². The van der Waals surface area contributed by atoms with Crippen LogP contribution >= 0.6 is 0 Å². The standard InChI is InChI=1S/C53H62N2O15/c1-28(2)24-35(54)48(62)68-37-25-38-52(27-65-38,70-31(5)57)43-45(69-47(61)34-22-16-11-17-23-34)53(64)26-36(29(3)39(50(53,6)7)42(66-30(4)56)44(59)51(37,43)8)67-49(63)41(58)40(32-18-12-9-13-19-32)55-46(60)33-20-14-10-15-21-33/h9-23,28,35-38,40-43,45,58,64H,24-27,54H2,1-8H3,(H,55,60)/t35-,36+,37+,38-,40+,41-,42-,43?,45+,51-,52+,53-/m1/s1. The molecule has 3 aromatic carbocycles. The summed E-state index contributed by atoms with van der Waals surface area (Å²) >= 11 is 0. The number of ether oxygens (including phenoxy) is 6. The summed E-state index contributed by atoms with van der Waals surface area (Å²) in [7, 11) is 0. The first-order valence-electron chi connectivity index (χ1n) is 23.5. The van der Waals surface area contributed by atoms with E-state index in [0.29, 0.717) is 5.56 Å². The Morgan fingerprint density at radius 1 is 0.814 bits per heavy atom. The summed E-state index contributed by atoms with van der Waals surface area (Å²) in [5, 5.41) is 28.7. The van der Waals surface area contributed by atoms with Gasteiger partial charge in [0.1, 0.15) is 36.1 Å². The number of esters is 5. The molecular formula is C53H62N2O15. The number of aliphatic hydroxyl groups is 2. The van der Waals surface area contributed by atoms with E-state index >= 15 is 4.79 Å². The molecule has 3 aromatic rings. The van der Waals surface area contributed by atoms with Crippen molar-refractivity contribution in [1.29, 1.82) is 0 Å². The Morgan fingerprint density at radius 3 is 1.94 bits per heavy atom. The number of nitrogens with one attached hydrogen (secondary N) is 1. The summed E-state index contributed by atoms with van der Waals surface area (Å²) < 4.78 is 37.2. The normalized spacial score (nSPS) is 30.0. The molecule has 4 aliphatic rings. The van der Waals surface area contributed by atoms with Crippen molar-refractivity contribution < 1.29 is 72.2 Å². The maximum Gasteiger partial charge on any atom is 0.338 e. The molecular weight excluding hydrogens is 905 g/mol. The number of amides is 1. The number of ketones is 1. The van der Waals surface area contributed by atoms with Crippen LogP contribution in [0.4, 0.5) is 0 Å². The molecule has 17 nitrogen and oxygen atoms in total. The third-order valence-corrected chi connectivity index (χ3v) is 14.7. The van der Waals surface area contributed by atoms with Gasteiger partial charge in [-0.05, 0) is 67.2 Å². The molecule has 2 bridgehead atoms. The first kappa shape index (κ1) is 51.6. The predicted molar refractivity (Wildman–Crippen MR) is 249 cm³/mol. The van der Waals surface area contributed by atoms with E-state index in [2.05, 4.69) is 5.32 Å². The summed E-state index contributed by atoms with van der Waals surface area (Å²) in [6, 6.07) is 21.7. The Bertz CT molecular complexity index is 2530. The lowest BCUT2D eigenvalue weighted by molar-refractivity contribution is -0.346. The first-order valence-corrected chi connectivity index (χ1v) is 23.5. The van der Waals surface area contributed by atoms with Crippen molar-refractivity contribution in [2.45, 2.75) is 135 Å². The fraction of sp³-hybridized carbons (Fsp3) is 0.491. The third-order valence-electron chi connectivity index (χ3n) is 14.7. The number of hydrogen-bond donors (Lipinski definition) is 4. The van der Waals surface area contributed by atoms with Crippen LogP contribution in [0.1, 0.15) is 107 Å². The third kappa shape index (κ3) is 9.27. The van der Waals surface area contributed by atoms with Gasteiger partial charge in [0.2, 0.25) is 0 Å². The van der Waals surface area contributed by atoms with Gasteiger partial charge in [-0.2, -0.15) is 0 Å². The summed E-state index contributed by atoms with van der Waals surface area (Å²) in [5.41, 5.74) is -1.13. The van der Waals surface area contributed by atoms with Crippen LogP contribution in [0.2, 0.25) is 0 Å². The van der Waals surface area contributed by atoms with Crippen LogP contribution in [0.15, 0.2) is 102 Å². The number of benzene rings is 3. The first-order chi connectivity index (χ1) is 33.0. The van der Waals surface area contributed by atoms with Crippen LogP contribution in [0, 0.1) is 22.7 Å². The minimum absolute atomic E-state index is 0.0341. The Morgan fingerprint density at radius 2 is 1.40 bits per heavy atom. The van der Waals surface area contributed by atoms with Crippen LogP contribution in [0.25, 0.3) is 0 Å². The molecule has 3 fully saturated rings. The van der Waals surface area contributed by atoms with Gasteiger partial charge < -0.3 is 49.7 Å².